The number of hydrogen-bond donors (Lipinski definition) is 1. The fraction of sp³-hybridized carbons (Fsp3) is 0.312. The van der Waals surface area contributed by atoms with Crippen molar-refractivity contribution in [3.63, 3.8) is 0 Å². The number of benzene rings is 1. The monoisotopic (exact) mass is 254 g/mol. The minimum absolute atomic E-state index is 0.536. The molecule has 0 amide bonds. The van der Waals surface area contributed by atoms with E-state index in [1.54, 1.807) is 0 Å². The van der Waals surface area contributed by atoms with Gasteiger partial charge in [0.15, 0.2) is 0 Å². The summed E-state index contributed by atoms with van der Waals surface area (Å²) in [6.07, 6.45) is 2.91. The molecule has 0 bridgehead atoms. The Kier molecular flexibility index (Phi) is 3.75. The lowest BCUT2D eigenvalue weighted by Gasteiger charge is -2.26. The number of para-hydroxylation sites is 1. The molecule has 3 rings (SSSR count). The van der Waals surface area contributed by atoms with Gasteiger partial charge in [-0.3, -0.25) is 4.98 Å². The number of ether oxygens (including phenoxy) is 1. The lowest BCUT2D eigenvalue weighted by molar-refractivity contribution is 0.264. The molecular weight excluding hydrogens is 236 g/mol. The molecule has 0 fully saturated rings. The molecule has 3 heteroatoms. The summed E-state index contributed by atoms with van der Waals surface area (Å²) in [5.41, 5.74) is 2.41. The average Bonchev–Trinajstić information content (AvgIpc) is 2.49. The van der Waals surface area contributed by atoms with Crippen molar-refractivity contribution in [2.75, 3.05) is 13.2 Å². The van der Waals surface area contributed by atoms with Crippen LogP contribution in [0.1, 0.15) is 23.6 Å². The van der Waals surface area contributed by atoms with E-state index < -0.39 is 0 Å². The van der Waals surface area contributed by atoms with Gasteiger partial charge in [-0.25, -0.2) is 0 Å². The van der Waals surface area contributed by atoms with E-state index in [1.807, 2.05) is 30.5 Å². The number of pyridine rings is 1. The number of hydrogen-bond acceptors (Lipinski definition) is 3. The van der Waals surface area contributed by atoms with Crippen LogP contribution in [0.4, 0.5) is 0 Å². The summed E-state index contributed by atoms with van der Waals surface area (Å²) in [4.78, 5) is 4.32. The van der Waals surface area contributed by atoms with E-state index in [0.717, 1.165) is 37.6 Å². The van der Waals surface area contributed by atoms with Crippen molar-refractivity contribution < 1.29 is 4.74 Å². The van der Waals surface area contributed by atoms with Gasteiger partial charge in [-0.1, -0.05) is 24.3 Å². The second-order valence-corrected chi connectivity index (χ2v) is 4.82. The summed E-state index contributed by atoms with van der Waals surface area (Å²) in [6.45, 7) is 2.60. The van der Waals surface area contributed by atoms with Crippen molar-refractivity contribution in [1.82, 2.24) is 10.3 Å². The maximum atomic E-state index is 5.68. The Balaban J connectivity index is 1.59. The minimum atomic E-state index is 0.536. The van der Waals surface area contributed by atoms with Crippen molar-refractivity contribution in [2.24, 2.45) is 0 Å². The normalized spacial score (nSPS) is 17.6. The zero-order valence-corrected chi connectivity index (χ0v) is 10.9. The van der Waals surface area contributed by atoms with E-state index in [4.69, 9.17) is 4.74 Å². The topological polar surface area (TPSA) is 34.1 Å². The Morgan fingerprint density at radius 3 is 2.95 bits per heavy atom. The van der Waals surface area contributed by atoms with Crippen LogP contribution < -0.4 is 10.1 Å². The van der Waals surface area contributed by atoms with E-state index in [9.17, 15) is 0 Å². The molecule has 2 aromatic rings. The molecule has 3 nitrogen and oxygen atoms in total. The molecule has 19 heavy (non-hydrogen) atoms. The van der Waals surface area contributed by atoms with Crippen LogP contribution in [-0.2, 0) is 6.54 Å². The summed E-state index contributed by atoms with van der Waals surface area (Å²) in [5.74, 6) is 1.58. The van der Waals surface area contributed by atoms with Gasteiger partial charge in [0.2, 0.25) is 0 Å². The molecule has 1 aliphatic heterocycles. The Hall–Kier alpha value is -1.87. The smallest absolute Gasteiger partial charge is 0.122 e. The van der Waals surface area contributed by atoms with Crippen molar-refractivity contribution in [3.05, 3.63) is 59.9 Å². The van der Waals surface area contributed by atoms with E-state index in [2.05, 4.69) is 28.5 Å². The highest BCUT2D eigenvalue weighted by Gasteiger charge is 2.20. The van der Waals surface area contributed by atoms with Gasteiger partial charge in [-0.2, -0.15) is 0 Å². The number of fused-ring (bicyclic) bond motifs is 1. The van der Waals surface area contributed by atoms with Gasteiger partial charge in [0.05, 0.1) is 12.3 Å². The average molecular weight is 254 g/mol. The zero-order chi connectivity index (χ0) is 12.9. The lowest BCUT2D eigenvalue weighted by Crippen LogP contribution is -2.25. The second-order valence-electron chi connectivity index (χ2n) is 4.82. The van der Waals surface area contributed by atoms with Crippen LogP contribution in [0.2, 0.25) is 0 Å². The first-order valence-electron chi connectivity index (χ1n) is 6.76. The van der Waals surface area contributed by atoms with Crippen LogP contribution in [0.5, 0.6) is 5.75 Å². The molecule has 0 radical (unpaired) electrons. The molecule has 1 aliphatic rings. The quantitative estimate of drug-likeness (QED) is 0.911. The molecule has 1 N–H and O–H groups in total. The van der Waals surface area contributed by atoms with Crippen LogP contribution in [0.15, 0.2) is 48.7 Å². The van der Waals surface area contributed by atoms with Crippen molar-refractivity contribution in [1.29, 1.82) is 0 Å². The van der Waals surface area contributed by atoms with Crippen molar-refractivity contribution in [3.8, 4) is 5.75 Å². The van der Waals surface area contributed by atoms with Crippen molar-refractivity contribution in [2.45, 2.75) is 18.9 Å². The van der Waals surface area contributed by atoms with Crippen LogP contribution in [-0.4, -0.2) is 18.1 Å². The van der Waals surface area contributed by atoms with E-state index in [-0.39, 0.29) is 0 Å². The summed E-state index contributed by atoms with van der Waals surface area (Å²) in [6, 6.07) is 14.3. The summed E-state index contributed by atoms with van der Waals surface area (Å²) in [5, 5.41) is 3.49. The van der Waals surface area contributed by atoms with Gasteiger partial charge in [0.1, 0.15) is 5.75 Å². The molecule has 0 aliphatic carbocycles. The largest absolute Gasteiger partial charge is 0.493 e. The fourth-order valence-corrected chi connectivity index (χ4v) is 2.51. The van der Waals surface area contributed by atoms with Gasteiger partial charge in [-0.15, -0.1) is 0 Å². The molecule has 1 unspecified atom stereocenters. The highest BCUT2D eigenvalue weighted by atomic mass is 16.5. The highest BCUT2D eigenvalue weighted by Crippen LogP contribution is 2.32. The van der Waals surface area contributed by atoms with Gasteiger partial charge >= 0.3 is 0 Å². The summed E-state index contributed by atoms with van der Waals surface area (Å²) in [7, 11) is 0. The van der Waals surface area contributed by atoms with E-state index in [1.165, 1.54) is 5.56 Å². The van der Waals surface area contributed by atoms with Crippen LogP contribution in [0.3, 0.4) is 0 Å². The van der Waals surface area contributed by atoms with Crippen molar-refractivity contribution >= 4 is 0 Å². The minimum Gasteiger partial charge on any atom is -0.493 e. The fourth-order valence-electron chi connectivity index (χ4n) is 2.51. The first-order chi connectivity index (χ1) is 9.43. The Bertz CT molecular complexity index is 527. The molecule has 1 atom stereocenters. The molecule has 0 saturated carbocycles. The third-order valence-electron chi connectivity index (χ3n) is 3.51. The maximum Gasteiger partial charge on any atom is 0.122 e. The number of rotatable bonds is 4. The molecular formula is C16H18N2O. The van der Waals surface area contributed by atoms with Gasteiger partial charge in [0, 0.05) is 25.2 Å². The summed E-state index contributed by atoms with van der Waals surface area (Å²) < 4.78 is 5.68. The molecule has 0 saturated heterocycles. The highest BCUT2D eigenvalue weighted by molar-refractivity contribution is 5.37. The Labute approximate surface area is 113 Å². The first kappa shape index (κ1) is 12.2. The predicted octanol–water partition coefficient (Wildman–Crippen LogP) is 2.74. The molecule has 98 valence electrons. The van der Waals surface area contributed by atoms with Gasteiger partial charge in [-0.05, 0) is 30.2 Å². The second kappa shape index (κ2) is 5.85. The van der Waals surface area contributed by atoms with Gasteiger partial charge in [0.25, 0.3) is 0 Å². The molecule has 1 aromatic heterocycles. The van der Waals surface area contributed by atoms with E-state index in [0.29, 0.717) is 5.92 Å². The predicted molar refractivity (Wildman–Crippen MR) is 75.2 cm³/mol. The summed E-state index contributed by atoms with van der Waals surface area (Å²) >= 11 is 0. The number of nitrogens with zero attached hydrogens (tertiary/aromatic N) is 1. The lowest BCUT2D eigenvalue weighted by atomic mass is 9.93. The number of nitrogens with one attached hydrogen (secondary N) is 1. The number of aromatic nitrogens is 1. The standard InChI is InChI=1S/C16H18N2O/c1-2-7-16-15(6-1)13(8-10-19-16)11-17-12-14-5-3-4-9-18-14/h1-7,9,13,17H,8,10-12H2. The Morgan fingerprint density at radius 1 is 1.16 bits per heavy atom. The SMILES string of the molecule is c1ccc(CNCC2CCOc3ccccc32)nc1. The molecule has 1 aromatic carbocycles. The third kappa shape index (κ3) is 2.93. The first-order valence-corrected chi connectivity index (χ1v) is 6.76. The molecule has 0 spiro atoms. The van der Waals surface area contributed by atoms with Crippen LogP contribution >= 0.6 is 0 Å². The van der Waals surface area contributed by atoms with Gasteiger partial charge < -0.3 is 10.1 Å². The third-order valence-corrected chi connectivity index (χ3v) is 3.51. The zero-order valence-electron chi connectivity index (χ0n) is 10.9. The van der Waals surface area contributed by atoms with Crippen LogP contribution in [0, 0.1) is 0 Å². The van der Waals surface area contributed by atoms with E-state index >= 15 is 0 Å². The Morgan fingerprint density at radius 2 is 2.05 bits per heavy atom. The van der Waals surface area contributed by atoms with Crippen LogP contribution in [0.25, 0.3) is 0 Å². The maximum absolute atomic E-state index is 5.68. The molecule has 2 heterocycles.